The molecule has 1 fully saturated rings. The van der Waals surface area contributed by atoms with Gasteiger partial charge in [-0.3, -0.25) is 29.9 Å². The lowest BCUT2D eigenvalue weighted by atomic mass is 10.0. The Labute approximate surface area is 195 Å². The highest BCUT2D eigenvalue weighted by Crippen LogP contribution is 2.26. The van der Waals surface area contributed by atoms with Gasteiger partial charge in [-0.05, 0) is 60.1 Å². The molecule has 3 aromatic rings. The van der Waals surface area contributed by atoms with Crippen molar-refractivity contribution in [1.29, 1.82) is 0 Å². The van der Waals surface area contributed by atoms with E-state index in [1.165, 1.54) is 23.1 Å². The van der Waals surface area contributed by atoms with Crippen LogP contribution in [0.3, 0.4) is 0 Å². The molecule has 0 atom stereocenters. The summed E-state index contributed by atoms with van der Waals surface area (Å²) in [6.45, 7) is 4.15. The molecule has 0 unspecified atom stereocenters. The molecule has 9 heteroatoms. The number of nitro benzene ring substituents is 1. The fourth-order valence-electron chi connectivity index (χ4n) is 3.55. The second kappa shape index (κ2) is 8.79. The molecule has 166 valence electrons. The maximum absolute atomic E-state index is 13.3. The quantitative estimate of drug-likeness (QED) is 0.201. The Morgan fingerprint density at radius 1 is 1.03 bits per heavy atom. The van der Waals surface area contributed by atoms with E-state index in [4.69, 9.17) is 12.2 Å². The highest BCUT2D eigenvalue weighted by Gasteiger charge is 2.34. The molecule has 0 spiro atoms. The van der Waals surface area contributed by atoms with Crippen molar-refractivity contribution in [1.82, 2.24) is 9.88 Å². The van der Waals surface area contributed by atoms with E-state index in [0.717, 1.165) is 5.56 Å². The van der Waals surface area contributed by atoms with Crippen LogP contribution < -0.4 is 10.2 Å². The van der Waals surface area contributed by atoms with E-state index in [1.807, 2.05) is 12.1 Å². The van der Waals surface area contributed by atoms with Crippen LogP contribution in [-0.4, -0.2) is 26.4 Å². The van der Waals surface area contributed by atoms with Crippen molar-refractivity contribution in [2.45, 2.75) is 19.8 Å². The molecule has 0 saturated carbocycles. The van der Waals surface area contributed by atoms with Crippen molar-refractivity contribution in [2.24, 2.45) is 0 Å². The monoisotopic (exact) mass is 460 g/mol. The van der Waals surface area contributed by atoms with Gasteiger partial charge in [0.2, 0.25) is 0 Å². The number of hydrogen-bond donors (Lipinski definition) is 1. The highest BCUT2D eigenvalue weighted by atomic mass is 32.1. The number of thiocarbonyl (C=S) groups is 1. The van der Waals surface area contributed by atoms with Gasteiger partial charge in [-0.25, -0.2) is 0 Å². The van der Waals surface area contributed by atoms with Crippen LogP contribution in [0, 0.1) is 10.1 Å². The van der Waals surface area contributed by atoms with E-state index in [9.17, 15) is 19.7 Å². The van der Waals surface area contributed by atoms with Crippen molar-refractivity contribution in [3.63, 3.8) is 0 Å². The van der Waals surface area contributed by atoms with Gasteiger partial charge in [-0.2, -0.15) is 0 Å². The summed E-state index contributed by atoms with van der Waals surface area (Å²) in [6.07, 6.45) is 3.15. The van der Waals surface area contributed by atoms with Gasteiger partial charge in [0.1, 0.15) is 5.57 Å². The number of carbonyl (C=O) groups excluding carboxylic acids is 2. The van der Waals surface area contributed by atoms with Gasteiger partial charge in [-0.1, -0.05) is 32.0 Å². The van der Waals surface area contributed by atoms with Crippen molar-refractivity contribution in [3.8, 4) is 5.69 Å². The highest BCUT2D eigenvalue weighted by molar-refractivity contribution is 7.80. The molecule has 2 aromatic carbocycles. The molecule has 1 aromatic heterocycles. The number of nitrogens with zero attached hydrogens (tertiary/aromatic N) is 3. The second-order valence-corrected chi connectivity index (χ2v) is 8.17. The summed E-state index contributed by atoms with van der Waals surface area (Å²) in [5.74, 6) is -0.820. The van der Waals surface area contributed by atoms with Crippen molar-refractivity contribution < 1.29 is 14.5 Å². The van der Waals surface area contributed by atoms with Crippen molar-refractivity contribution in [2.75, 3.05) is 4.90 Å². The zero-order valence-corrected chi connectivity index (χ0v) is 18.7. The number of carbonyl (C=O) groups is 2. The van der Waals surface area contributed by atoms with E-state index >= 15 is 0 Å². The van der Waals surface area contributed by atoms with Crippen LogP contribution in [0.5, 0.6) is 0 Å². The van der Waals surface area contributed by atoms with Crippen LogP contribution in [0.1, 0.15) is 31.0 Å². The molecule has 0 bridgehead atoms. The van der Waals surface area contributed by atoms with Crippen molar-refractivity contribution >= 4 is 46.6 Å². The first-order valence-corrected chi connectivity index (χ1v) is 10.6. The normalized spacial score (nSPS) is 15.3. The van der Waals surface area contributed by atoms with E-state index in [-0.39, 0.29) is 16.4 Å². The van der Waals surface area contributed by atoms with E-state index in [2.05, 4.69) is 19.2 Å². The van der Waals surface area contributed by atoms with E-state index < -0.39 is 16.7 Å². The Morgan fingerprint density at radius 2 is 1.76 bits per heavy atom. The Kier molecular flexibility index (Phi) is 5.89. The molecule has 1 N–H and O–H groups in total. The zero-order valence-electron chi connectivity index (χ0n) is 17.9. The van der Waals surface area contributed by atoms with E-state index in [0.29, 0.717) is 23.0 Å². The van der Waals surface area contributed by atoms with Crippen LogP contribution in [0.2, 0.25) is 0 Å². The van der Waals surface area contributed by atoms with Gasteiger partial charge < -0.3 is 4.57 Å². The van der Waals surface area contributed by atoms with Crippen molar-refractivity contribution in [3.05, 3.63) is 93.8 Å². The number of hydrogen-bond acceptors (Lipinski definition) is 5. The van der Waals surface area contributed by atoms with Gasteiger partial charge in [0.25, 0.3) is 17.5 Å². The summed E-state index contributed by atoms with van der Waals surface area (Å²) >= 11 is 5.27. The average Bonchev–Trinajstić information content (AvgIpc) is 3.25. The number of nitro groups is 1. The number of rotatable bonds is 5. The van der Waals surface area contributed by atoms with Gasteiger partial charge >= 0.3 is 0 Å². The standard InChI is InChI=1S/C24H20N4O4S/c1-15(2)16-8-10-17(11-9-16)27-23(30)21(22(29)25-24(27)33)14-19-7-4-12-26(19)18-5-3-6-20(13-18)28(31)32/h3-15H,1-2H3,(H,25,29,33)/b21-14+. The molecule has 33 heavy (non-hydrogen) atoms. The second-order valence-electron chi connectivity index (χ2n) is 7.78. The molecule has 0 aliphatic carbocycles. The Bertz CT molecular complexity index is 1310. The van der Waals surface area contributed by atoms with E-state index in [1.54, 1.807) is 47.2 Å². The van der Waals surface area contributed by atoms with Crippen LogP contribution in [0.15, 0.2) is 72.4 Å². The van der Waals surface area contributed by atoms with Gasteiger partial charge in [0.15, 0.2) is 5.11 Å². The third-order valence-corrected chi connectivity index (χ3v) is 5.60. The van der Waals surface area contributed by atoms with Gasteiger partial charge in [0.05, 0.1) is 16.3 Å². The molecule has 2 amide bonds. The predicted octanol–water partition coefficient (Wildman–Crippen LogP) is 4.34. The SMILES string of the molecule is CC(C)c1ccc(N2C(=O)/C(=C/c3cccn3-c3cccc([N+](=O)[O-])c3)C(=O)NC2=S)cc1. The minimum atomic E-state index is -0.605. The van der Waals surface area contributed by atoms with Gasteiger partial charge in [0, 0.05) is 24.0 Å². The third-order valence-electron chi connectivity index (χ3n) is 5.31. The number of anilines is 1. The maximum Gasteiger partial charge on any atom is 0.271 e. The Hall–Kier alpha value is -4.11. The number of amides is 2. The summed E-state index contributed by atoms with van der Waals surface area (Å²) in [5.41, 5.74) is 2.55. The topological polar surface area (TPSA) is 97.5 Å². The molecular weight excluding hydrogens is 440 g/mol. The molecule has 4 rings (SSSR count). The Balaban J connectivity index is 1.71. The lowest BCUT2D eigenvalue weighted by Crippen LogP contribution is -2.54. The number of aromatic nitrogens is 1. The molecule has 1 aliphatic heterocycles. The number of non-ortho nitro benzene ring substituents is 1. The largest absolute Gasteiger partial charge is 0.317 e. The molecule has 1 aliphatic rings. The molecule has 8 nitrogen and oxygen atoms in total. The first kappa shape index (κ1) is 22.1. The lowest BCUT2D eigenvalue weighted by Gasteiger charge is -2.29. The summed E-state index contributed by atoms with van der Waals surface area (Å²) in [6, 6.07) is 17.0. The Morgan fingerprint density at radius 3 is 2.42 bits per heavy atom. The van der Waals surface area contributed by atoms with Crippen LogP contribution in [0.4, 0.5) is 11.4 Å². The fourth-order valence-corrected chi connectivity index (χ4v) is 3.83. The smallest absolute Gasteiger partial charge is 0.271 e. The predicted molar refractivity (Wildman–Crippen MR) is 129 cm³/mol. The molecule has 1 saturated heterocycles. The minimum Gasteiger partial charge on any atom is -0.317 e. The first-order chi connectivity index (χ1) is 15.8. The summed E-state index contributed by atoms with van der Waals surface area (Å²) in [4.78, 5) is 37.9. The number of benzene rings is 2. The number of nitrogens with one attached hydrogen (secondary N) is 1. The minimum absolute atomic E-state index is 0.00788. The van der Waals surface area contributed by atoms with Crippen LogP contribution in [-0.2, 0) is 9.59 Å². The summed E-state index contributed by atoms with van der Waals surface area (Å²) < 4.78 is 1.66. The lowest BCUT2D eigenvalue weighted by molar-refractivity contribution is -0.384. The van der Waals surface area contributed by atoms with Crippen LogP contribution in [0.25, 0.3) is 11.8 Å². The maximum atomic E-state index is 13.3. The third kappa shape index (κ3) is 4.31. The molecule has 0 radical (unpaired) electrons. The first-order valence-electron chi connectivity index (χ1n) is 10.2. The zero-order chi connectivity index (χ0) is 23.7. The van der Waals surface area contributed by atoms with Crippen LogP contribution >= 0.6 is 12.2 Å². The molecule has 2 heterocycles. The molecular formula is C24H20N4O4S. The summed E-state index contributed by atoms with van der Waals surface area (Å²) in [7, 11) is 0. The van der Waals surface area contributed by atoms with Gasteiger partial charge in [-0.15, -0.1) is 0 Å². The summed E-state index contributed by atoms with van der Waals surface area (Å²) in [5, 5.41) is 13.7. The average molecular weight is 461 g/mol. The fraction of sp³-hybridized carbons (Fsp3) is 0.125.